The van der Waals surface area contributed by atoms with Crippen LogP contribution in [0.1, 0.15) is 52.9 Å². The summed E-state index contributed by atoms with van der Waals surface area (Å²) in [7, 11) is 0. The van der Waals surface area contributed by atoms with Crippen molar-refractivity contribution in [3.63, 3.8) is 0 Å². The topological polar surface area (TPSA) is 97.0 Å². The van der Waals surface area contributed by atoms with Crippen molar-refractivity contribution in [3.8, 4) is 12.1 Å². The van der Waals surface area contributed by atoms with Crippen molar-refractivity contribution in [1.82, 2.24) is 10.2 Å². The zero-order valence-electron chi connectivity index (χ0n) is 15.7. The summed E-state index contributed by atoms with van der Waals surface area (Å²) in [4.78, 5) is 26.8. The molecule has 0 bridgehead atoms. The maximum Gasteiger partial charge on any atom is 0.243 e. The summed E-state index contributed by atoms with van der Waals surface area (Å²) in [5.74, 6) is -1.11. The number of nitrogens with one attached hydrogen (secondary N) is 1. The second-order valence-corrected chi connectivity index (χ2v) is 8.33. The standard InChI is InChI=1S/C19H26N4O2S/c1-4-23(13-8-6-5-7-9-13)16(24)12-26-18-15(11-21)19(2,3)14(10-20)17(25)22-18/h13-14H,4-9,12H2,1-3H3,(H,22,25)/t14-/m0/s1. The number of hydrogen-bond acceptors (Lipinski definition) is 5. The third-order valence-electron chi connectivity index (χ3n) is 5.35. The number of thioether (sulfide) groups is 1. The molecule has 140 valence electrons. The molecule has 0 aromatic heterocycles. The number of carbonyl (C=O) groups is 2. The normalized spacial score (nSPS) is 23.0. The second-order valence-electron chi connectivity index (χ2n) is 7.35. The molecule has 1 atom stereocenters. The molecule has 6 nitrogen and oxygen atoms in total. The Bertz CT molecular complexity index is 681. The Morgan fingerprint density at radius 3 is 2.50 bits per heavy atom. The number of rotatable bonds is 5. The highest BCUT2D eigenvalue weighted by Crippen LogP contribution is 2.41. The summed E-state index contributed by atoms with van der Waals surface area (Å²) in [5, 5.41) is 21.9. The van der Waals surface area contributed by atoms with Crippen LogP contribution < -0.4 is 5.32 Å². The molecule has 0 saturated heterocycles. The van der Waals surface area contributed by atoms with Crippen molar-refractivity contribution >= 4 is 23.6 Å². The number of amides is 2. The summed E-state index contributed by atoms with van der Waals surface area (Å²) in [6.07, 6.45) is 5.64. The fraction of sp³-hybridized carbons (Fsp3) is 0.684. The zero-order valence-corrected chi connectivity index (χ0v) is 16.5. The highest BCUT2D eigenvalue weighted by Gasteiger charge is 2.44. The average molecular weight is 375 g/mol. The molecule has 0 aromatic carbocycles. The van der Waals surface area contributed by atoms with Crippen LogP contribution >= 0.6 is 11.8 Å². The van der Waals surface area contributed by atoms with Gasteiger partial charge in [0.25, 0.3) is 0 Å². The van der Waals surface area contributed by atoms with Gasteiger partial charge in [0, 0.05) is 18.0 Å². The van der Waals surface area contributed by atoms with Crippen LogP contribution in [0.15, 0.2) is 10.6 Å². The number of nitrogens with zero attached hydrogens (tertiary/aromatic N) is 3. The molecule has 2 rings (SSSR count). The average Bonchev–Trinajstić information content (AvgIpc) is 2.61. The maximum atomic E-state index is 12.7. The highest BCUT2D eigenvalue weighted by atomic mass is 32.2. The van der Waals surface area contributed by atoms with E-state index in [1.54, 1.807) is 13.8 Å². The van der Waals surface area contributed by atoms with E-state index < -0.39 is 17.2 Å². The van der Waals surface area contributed by atoms with Gasteiger partial charge in [-0.1, -0.05) is 44.9 Å². The number of nitriles is 2. The lowest BCUT2D eigenvalue weighted by molar-refractivity contribution is -0.131. The predicted molar refractivity (Wildman–Crippen MR) is 100 cm³/mol. The fourth-order valence-corrected chi connectivity index (χ4v) is 4.84. The molecule has 2 aliphatic rings. The summed E-state index contributed by atoms with van der Waals surface area (Å²) in [6, 6.07) is 4.41. The molecular formula is C19H26N4O2S. The predicted octanol–water partition coefficient (Wildman–Crippen LogP) is 2.93. The SMILES string of the molecule is CCN(C(=O)CSC1=C(C#N)C(C)(C)[C@@H](C#N)C(=O)N1)C1CCCCC1. The molecule has 2 amide bonds. The Kier molecular flexibility index (Phi) is 6.72. The first-order valence-corrected chi connectivity index (χ1v) is 10.1. The van der Waals surface area contributed by atoms with Crippen molar-refractivity contribution in [2.75, 3.05) is 12.3 Å². The zero-order chi connectivity index (χ0) is 19.3. The van der Waals surface area contributed by atoms with Gasteiger partial charge >= 0.3 is 0 Å². The summed E-state index contributed by atoms with van der Waals surface area (Å²) in [5.41, 5.74) is -0.507. The number of carbonyl (C=O) groups excluding carboxylic acids is 2. The minimum Gasteiger partial charge on any atom is -0.339 e. The van der Waals surface area contributed by atoms with Crippen molar-refractivity contribution in [1.29, 1.82) is 10.5 Å². The largest absolute Gasteiger partial charge is 0.339 e. The molecule has 0 unspecified atom stereocenters. The van der Waals surface area contributed by atoms with E-state index in [0.717, 1.165) is 25.7 Å². The van der Waals surface area contributed by atoms with Gasteiger partial charge in [-0.25, -0.2) is 0 Å². The molecule has 1 fully saturated rings. The van der Waals surface area contributed by atoms with Crippen molar-refractivity contribution in [2.24, 2.45) is 11.3 Å². The van der Waals surface area contributed by atoms with Gasteiger partial charge in [0.1, 0.15) is 5.92 Å². The highest BCUT2D eigenvalue weighted by molar-refractivity contribution is 8.03. The molecular weight excluding hydrogens is 348 g/mol. The van der Waals surface area contributed by atoms with Crippen LogP contribution in [0, 0.1) is 34.0 Å². The van der Waals surface area contributed by atoms with Crippen LogP contribution in [0.4, 0.5) is 0 Å². The molecule has 26 heavy (non-hydrogen) atoms. The van der Waals surface area contributed by atoms with E-state index in [-0.39, 0.29) is 11.7 Å². The maximum absolute atomic E-state index is 12.7. The van der Waals surface area contributed by atoms with Gasteiger partial charge in [-0.2, -0.15) is 10.5 Å². The first kappa shape index (κ1) is 20.3. The van der Waals surface area contributed by atoms with E-state index in [1.165, 1.54) is 18.2 Å². The molecule has 0 radical (unpaired) electrons. The Hall–Kier alpha value is -1.99. The molecule has 0 aromatic rings. The summed E-state index contributed by atoms with van der Waals surface area (Å²) in [6.45, 7) is 6.10. The van der Waals surface area contributed by atoms with Crippen molar-refractivity contribution in [3.05, 3.63) is 10.6 Å². The number of allylic oxidation sites excluding steroid dienone is 1. The number of hydrogen-bond donors (Lipinski definition) is 1. The van der Waals surface area contributed by atoms with E-state index in [9.17, 15) is 20.1 Å². The molecule has 0 spiro atoms. The summed E-state index contributed by atoms with van der Waals surface area (Å²) < 4.78 is 0. The van der Waals surface area contributed by atoms with Crippen molar-refractivity contribution < 1.29 is 9.59 Å². The monoisotopic (exact) mass is 374 g/mol. The summed E-state index contributed by atoms with van der Waals surface area (Å²) >= 11 is 1.19. The molecule has 1 aliphatic carbocycles. The quantitative estimate of drug-likeness (QED) is 0.798. The first-order chi connectivity index (χ1) is 12.4. The third kappa shape index (κ3) is 4.04. The van der Waals surface area contributed by atoms with Gasteiger partial charge in [-0.05, 0) is 19.8 Å². The Morgan fingerprint density at radius 1 is 1.31 bits per heavy atom. The van der Waals surface area contributed by atoms with E-state index in [0.29, 0.717) is 23.2 Å². The third-order valence-corrected chi connectivity index (χ3v) is 6.34. The minimum atomic E-state index is -0.911. The lowest BCUT2D eigenvalue weighted by atomic mass is 9.72. The van der Waals surface area contributed by atoms with Crippen LogP contribution in [-0.2, 0) is 9.59 Å². The van der Waals surface area contributed by atoms with E-state index in [2.05, 4.69) is 11.4 Å². The van der Waals surface area contributed by atoms with E-state index in [1.807, 2.05) is 17.9 Å². The first-order valence-electron chi connectivity index (χ1n) is 9.14. The van der Waals surface area contributed by atoms with Gasteiger partial charge in [0.15, 0.2) is 0 Å². The molecule has 1 heterocycles. The van der Waals surface area contributed by atoms with Crippen LogP contribution in [-0.4, -0.2) is 35.1 Å². The van der Waals surface area contributed by atoms with E-state index >= 15 is 0 Å². The lowest BCUT2D eigenvalue weighted by Crippen LogP contribution is -2.45. The Labute approximate surface area is 159 Å². The van der Waals surface area contributed by atoms with Gasteiger partial charge in [0.2, 0.25) is 11.8 Å². The van der Waals surface area contributed by atoms with Crippen LogP contribution in [0.25, 0.3) is 0 Å². The smallest absolute Gasteiger partial charge is 0.243 e. The van der Waals surface area contributed by atoms with Gasteiger partial charge in [0.05, 0.1) is 28.5 Å². The van der Waals surface area contributed by atoms with E-state index in [4.69, 9.17) is 0 Å². The second kappa shape index (κ2) is 8.60. The van der Waals surface area contributed by atoms with Crippen molar-refractivity contribution in [2.45, 2.75) is 58.9 Å². The van der Waals surface area contributed by atoms with Gasteiger partial charge < -0.3 is 10.2 Å². The minimum absolute atomic E-state index is 0.0312. The molecule has 1 saturated carbocycles. The van der Waals surface area contributed by atoms with Gasteiger partial charge in [-0.3, -0.25) is 9.59 Å². The fourth-order valence-electron chi connectivity index (χ4n) is 3.78. The molecule has 1 aliphatic heterocycles. The van der Waals surface area contributed by atoms with Gasteiger partial charge in [-0.15, -0.1) is 0 Å². The van der Waals surface area contributed by atoms with Crippen LogP contribution in [0.3, 0.4) is 0 Å². The molecule has 7 heteroatoms. The lowest BCUT2D eigenvalue weighted by Gasteiger charge is -2.35. The Morgan fingerprint density at radius 2 is 1.96 bits per heavy atom. The molecule has 1 N–H and O–H groups in total. The Balaban J connectivity index is 2.12. The van der Waals surface area contributed by atoms with Crippen LogP contribution in [0.5, 0.6) is 0 Å². The van der Waals surface area contributed by atoms with Crippen LogP contribution in [0.2, 0.25) is 0 Å².